The zero-order valence-corrected chi connectivity index (χ0v) is 18.1. The summed E-state index contributed by atoms with van der Waals surface area (Å²) in [5.74, 6) is -0.453. The highest BCUT2D eigenvalue weighted by molar-refractivity contribution is 6.05. The Hall–Kier alpha value is -3.86. The molecule has 5 heteroatoms. The Balaban J connectivity index is 1.56. The average molecular weight is 424 g/mol. The molecule has 0 aliphatic carbocycles. The van der Waals surface area contributed by atoms with Gasteiger partial charge in [0.05, 0.1) is 12.0 Å². The third-order valence-electron chi connectivity index (χ3n) is 6.24. The average Bonchev–Trinajstić information content (AvgIpc) is 3.23. The Morgan fingerprint density at radius 3 is 2.41 bits per heavy atom. The maximum absolute atomic E-state index is 13.6. The molecule has 160 valence electrons. The van der Waals surface area contributed by atoms with Crippen molar-refractivity contribution in [1.29, 1.82) is 0 Å². The Labute approximate surface area is 186 Å². The van der Waals surface area contributed by atoms with Gasteiger partial charge >= 0.3 is 0 Å². The lowest BCUT2D eigenvalue weighted by atomic mass is 9.80. The van der Waals surface area contributed by atoms with Gasteiger partial charge in [-0.2, -0.15) is 0 Å². The van der Waals surface area contributed by atoms with Crippen molar-refractivity contribution in [3.05, 3.63) is 101 Å². The molecule has 32 heavy (non-hydrogen) atoms. The van der Waals surface area contributed by atoms with E-state index >= 15 is 0 Å². The van der Waals surface area contributed by atoms with Gasteiger partial charge in [-0.15, -0.1) is 0 Å². The highest BCUT2D eigenvalue weighted by Gasteiger charge is 2.40. The van der Waals surface area contributed by atoms with Gasteiger partial charge in [-0.1, -0.05) is 62.4 Å². The molecular weight excluding hydrogens is 398 g/mol. The van der Waals surface area contributed by atoms with Gasteiger partial charge in [0.2, 0.25) is 5.91 Å². The Bertz CT molecular complexity index is 1300. The summed E-state index contributed by atoms with van der Waals surface area (Å²) in [6.45, 7) is 4.28. The maximum atomic E-state index is 13.6. The second-order valence-electron chi connectivity index (χ2n) is 8.57. The summed E-state index contributed by atoms with van der Waals surface area (Å²) in [4.78, 5) is 29.8. The minimum Gasteiger partial charge on any atom is -0.361 e. The molecule has 2 atom stereocenters. The van der Waals surface area contributed by atoms with Gasteiger partial charge in [-0.25, -0.2) is 0 Å². The van der Waals surface area contributed by atoms with Crippen molar-refractivity contribution in [1.82, 2.24) is 10.3 Å². The van der Waals surface area contributed by atoms with E-state index in [2.05, 4.69) is 29.5 Å². The maximum Gasteiger partial charge on any atom is 0.252 e. The summed E-state index contributed by atoms with van der Waals surface area (Å²) >= 11 is 0. The monoisotopic (exact) mass is 423 g/mol. The van der Waals surface area contributed by atoms with Gasteiger partial charge < -0.3 is 15.6 Å². The quantitative estimate of drug-likeness (QED) is 0.406. The van der Waals surface area contributed by atoms with Gasteiger partial charge in [-0.05, 0) is 41.3 Å². The third-order valence-corrected chi connectivity index (χ3v) is 6.24. The molecule has 1 aliphatic heterocycles. The van der Waals surface area contributed by atoms with Crippen LogP contribution in [0.1, 0.15) is 58.8 Å². The number of amides is 2. The van der Waals surface area contributed by atoms with E-state index in [1.165, 1.54) is 5.56 Å². The van der Waals surface area contributed by atoms with E-state index in [9.17, 15) is 9.59 Å². The zero-order chi connectivity index (χ0) is 22.2. The van der Waals surface area contributed by atoms with Crippen LogP contribution in [0.25, 0.3) is 10.9 Å². The van der Waals surface area contributed by atoms with Gasteiger partial charge in [0.15, 0.2) is 0 Å². The second-order valence-corrected chi connectivity index (χ2v) is 8.57. The topological polar surface area (TPSA) is 74.0 Å². The molecule has 1 aromatic heterocycles. The summed E-state index contributed by atoms with van der Waals surface area (Å²) in [6.07, 6.45) is 1.89. The van der Waals surface area contributed by atoms with E-state index in [0.717, 1.165) is 27.7 Å². The number of hydrogen-bond acceptors (Lipinski definition) is 2. The molecule has 2 unspecified atom stereocenters. The SMILES string of the molecule is CC(C)c1ccc(NC(=O)C2c3ccccc3C(=O)NC2c2c[nH]c3ccccc23)cc1. The van der Waals surface area contributed by atoms with E-state index in [0.29, 0.717) is 11.5 Å². The molecule has 5 rings (SSSR count). The van der Waals surface area contributed by atoms with E-state index in [1.54, 1.807) is 6.07 Å². The number of benzene rings is 3. The highest BCUT2D eigenvalue weighted by Crippen LogP contribution is 2.40. The molecule has 0 radical (unpaired) electrons. The number of anilines is 1. The number of hydrogen-bond donors (Lipinski definition) is 3. The summed E-state index contributed by atoms with van der Waals surface area (Å²) in [6, 6.07) is 22.7. The molecule has 0 saturated heterocycles. The molecular formula is C27H25N3O2. The summed E-state index contributed by atoms with van der Waals surface area (Å²) in [5.41, 5.74) is 5.11. The normalized spacial score (nSPS) is 17.8. The van der Waals surface area contributed by atoms with Crippen LogP contribution in [-0.4, -0.2) is 16.8 Å². The Morgan fingerprint density at radius 2 is 1.62 bits per heavy atom. The molecule has 5 nitrogen and oxygen atoms in total. The fraction of sp³-hybridized carbons (Fsp3) is 0.185. The lowest BCUT2D eigenvalue weighted by Gasteiger charge is -2.33. The highest BCUT2D eigenvalue weighted by atomic mass is 16.2. The first-order valence-corrected chi connectivity index (χ1v) is 10.9. The molecule has 4 aromatic rings. The van der Waals surface area contributed by atoms with Crippen molar-refractivity contribution < 1.29 is 9.59 Å². The van der Waals surface area contributed by atoms with Gasteiger partial charge in [0.25, 0.3) is 5.91 Å². The Kier molecular flexibility index (Phi) is 5.02. The Morgan fingerprint density at radius 1 is 0.906 bits per heavy atom. The van der Waals surface area contributed by atoms with E-state index in [-0.39, 0.29) is 11.8 Å². The molecule has 0 spiro atoms. The minimum absolute atomic E-state index is 0.148. The number of nitrogens with one attached hydrogen (secondary N) is 3. The van der Waals surface area contributed by atoms with E-state index < -0.39 is 12.0 Å². The standard InChI is InChI=1S/C27H25N3O2/c1-16(2)17-11-13-18(14-12-17)29-27(32)24-20-8-3-4-9-21(20)26(31)30-25(24)22-15-28-23-10-6-5-7-19(22)23/h3-16,24-25,28H,1-2H3,(H,29,32)(H,30,31). The molecule has 0 fully saturated rings. The molecule has 1 aliphatic rings. The fourth-order valence-corrected chi connectivity index (χ4v) is 4.53. The van der Waals surface area contributed by atoms with Crippen LogP contribution in [0.3, 0.4) is 0 Å². The van der Waals surface area contributed by atoms with Crippen molar-refractivity contribution >= 4 is 28.4 Å². The van der Waals surface area contributed by atoms with Crippen molar-refractivity contribution in [2.45, 2.75) is 31.7 Å². The fourth-order valence-electron chi connectivity index (χ4n) is 4.53. The van der Waals surface area contributed by atoms with Crippen molar-refractivity contribution in [2.24, 2.45) is 0 Å². The van der Waals surface area contributed by atoms with E-state index in [1.807, 2.05) is 72.9 Å². The number of para-hydroxylation sites is 1. The molecule has 2 heterocycles. The van der Waals surface area contributed by atoms with Crippen LogP contribution < -0.4 is 10.6 Å². The molecule has 3 aromatic carbocycles. The summed E-state index contributed by atoms with van der Waals surface area (Å²) < 4.78 is 0. The summed E-state index contributed by atoms with van der Waals surface area (Å²) in [5, 5.41) is 7.16. The number of fused-ring (bicyclic) bond motifs is 2. The molecule has 3 N–H and O–H groups in total. The van der Waals surface area contributed by atoms with Crippen molar-refractivity contribution in [2.75, 3.05) is 5.32 Å². The number of aromatic amines is 1. The van der Waals surface area contributed by atoms with Gasteiger partial charge in [0.1, 0.15) is 0 Å². The van der Waals surface area contributed by atoms with Crippen LogP contribution in [0, 0.1) is 0 Å². The predicted octanol–water partition coefficient (Wildman–Crippen LogP) is 5.50. The zero-order valence-electron chi connectivity index (χ0n) is 18.1. The number of H-pyrrole nitrogens is 1. The first kappa shape index (κ1) is 20.1. The van der Waals surface area contributed by atoms with Crippen LogP contribution in [0.5, 0.6) is 0 Å². The number of carbonyl (C=O) groups excluding carboxylic acids is 2. The number of rotatable bonds is 4. The molecule has 2 amide bonds. The first-order valence-electron chi connectivity index (χ1n) is 10.9. The van der Waals surface area contributed by atoms with Crippen LogP contribution in [0.15, 0.2) is 79.0 Å². The van der Waals surface area contributed by atoms with Crippen LogP contribution in [0.4, 0.5) is 5.69 Å². The summed E-state index contributed by atoms with van der Waals surface area (Å²) in [7, 11) is 0. The first-order chi connectivity index (χ1) is 15.5. The lowest BCUT2D eigenvalue weighted by molar-refractivity contribution is -0.118. The van der Waals surface area contributed by atoms with Crippen molar-refractivity contribution in [3.63, 3.8) is 0 Å². The van der Waals surface area contributed by atoms with Crippen LogP contribution in [0.2, 0.25) is 0 Å². The second kappa shape index (κ2) is 8.00. The largest absolute Gasteiger partial charge is 0.361 e. The number of aromatic nitrogens is 1. The van der Waals surface area contributed by atoms with Crippen LogP contribution in [-0.2, 0) is 4.79 Å². The molecule has 0 bridgehead atoms. The van der Waals surface area contributed by atoms with E-state index in [4.69, 9.17) is 0 Å². The number of carbonyl (C=O) groups is 2. The van der Waals surface area contributed by atoms with Gasteiger partial charge in [0, 0.05) is 33.9 Å². The third kappa shape index (κ3) is 3.46. The smallest absolute Gasteiger partial charge is 0.252 e. The lowest BCUT2D eigenvalue weighted by Crippen LogP contribution is -2.42. The minimum atomic E-state index is -0.562. The predicted molar refractivity (Wildman–Crippen MR) is 127 cm³/mol. The van der Waals surface area contributed by atoms with Crippen LogP contribution >= 0.6 is 0 Å². The van der Waals surface area contributed by atoms with Gasteiger partial charge in [-0.3, -0.25) is 9.59 Å². The van der Waals surface area contributed by atoms with Crippen molar-refractivity contribution in [3.8, 4) is 0 Å². The molecule has 0 saturated carbocycles.